The molecule has 0 bridgehead atoms. The molecule has 0 spiro atoms. The number of aromatic nitrogens is 1. The summed E-state index contributed by atoms with van der Waals surface area (Å²) in [7, 11) is 0. The summed E-state index contributed by atoms with van der Waals surface area (Å²) in [5, 5.41) is 4.72. The highest BCUT2D eigenvalue weighted by molar-refractivity contribution is 7.15. The Labute approximate surface area is 108 Å². The first-order valence-electron chi connectivity index (χ1n) is 6.63. The molecule has 1 unspecified atom stereocenters. The lowest BCUT2D eigenvalue weighted by Gasteiger charge is -2.34. The number of piperidine rings is 1. The van der Waals surface area contributed by atoms with Gasteiger partial charge in [-0.3, -0.25) is 0 Å². The lowest BCUT2D eigenvalue weighted by Crippen LogP contribution is -2.46. The van der Waals surface area contributed by atoms with Crippen LogP contribution in [0.15, 0.2) is 0 Å². The summed E-state index contributed by atoms with van der Waals surface area (Å²) in [6.45, 7) is 9.93. The maximum atomic E-state index is 4.72. The molecule has 1 aromatic rings. The van der Waals surface area contributed by atoms with Crippen molar-refractivity contribution < 1.29 is 0 Å². The Morgan fingerprint density at radius 2 is 2.29 bits per heavy atom. The van der Waals surface area contributed by atoms with Gasteiger partial charge in [-0.1, -0.05) is 6.92 Å². The third-order valence-electron chi connectivity index (χ3n) is 3.44. The molecule has 17 heavy (non-hydrogen) atoms. The first-order valence-corrected chi connectivity index (χ1v) is 7.45. The lowest BCUT2D eigenvalue weighted by atomic mass is 10.1. The van der Waals surface area contributed by atoms with Gasteiger partial charge in [0, 0.05) is 24.0 Å². The van der Waals surface area contributed by atoms with Crippen LogP contribution in [0.25, 0.3) is 0 Å². The molecule has 2 rings (SSSR count). The molecule has 1 fully saturated rings. The zero-order valence-electron chi connectivity index (χ0n) is 11.1. The lowest BCUT2D eigenvalue weighted by molar-refractivity contribution is 0.430. The van der Waals surface area contributed by atoms with Gasteiger partial charge in [-0.15, -0.1) is 11.3 Å². The summed E-state index contributed by atoms with van der Waals surface area (Å²) in [5.41, 5.74) is 1.19. The molecule has 1 aliphatic rings. The van der Waals surface area contributed by atoms with Crippen molar-refractivity contribution in [1.29, 1.82) is 0 Å². The molecule has 0 aliphatic carbocycles. The van der Waals surface area contributed by atoms with E-state index in [9.17, 15) is 0 Å². The third-order valence-corrected chi connectivity index (χ3v) is 4.55. The predicted octanol–water partition coefficient (Wildman–Crippen LogP) is 2.73. The SMILES string of the molecule is CCCN(c1nc(C)c(C)s1)C1CCCNC1. The maximum Gasteiger partial charge on any atom is 0.186 e. The van der Waals surface area contributed by atoms with Crippen LogP contribution in [0, 0.1) is 13.8 Å². The molecule has 2 heterocycles. The Hall–Kier alpha value is -0.610. The summed E-state index contributed by atoms with van der Waals surface area (Å²) in [5.74, 6) is 0. The number of anilines is 1. The molecule has 3 nitrogen and oxygen atoms in total. The van der Waals surface area contributed by atoms with Gasteiger partial charge in [0.25, 0.3) is 0 Å². The molecule has 0 radical (unpaired) electrons. The summed E-state index contributed by atoms with van der Waals surface area (Å²) < 4.78 is 0. The molecule has 0 saturated carbocycles. The Bertz CT molecular complexity index is 336. The second kappa shape index (κ2) is 5.83. The van der Waals surface area contributed by atoms with E-state index in [0.29, 0.717) is 6.04 Å². The smallest absolute Gasteiger partial charge is 0.186 e. The first kappa shape index (κ1) is 12.8. The molecule has 0 amide bonds. The highest BCUT2D eigenvalue weighted by Gasteiger charge is 2.23. The summed E-state index contributed by atoms with van der Waals surface area (Å²) in [6.07, 6.45) is 3.77. The maximum absolute atomic E-state index is 4.72. The predicted molar refractivity (Wildman–Crippen MR) is 75.1 cm³/mol. The fourth-order valence-electron chi connectivity index (χ4n) is 2.35. The minimum absolute atomic E-state index is 0.633. The number of hydrogen-bond acceptors (Lipinski definition) is 4. The molecule has 1 N–H and O–H groups in total. The zero-order chi connectivity index (χ0) is 12.3. The molecular formula is C13H23N3S. The zero-order valence-corrected chi connectivity index (χ0v) is 11.9. The van der Waals surface area contributed by atoms with Crippen LogP contribution in [-0.2, 0) is 0 Å². The number of thiazole rings is 1. The van der Waals surface area contributed by atoms with Crippen molar-refractivity contribution in [2.45, 2.75) is 46.1 Å². The molecular weight excluding hydrogens is 230 g/mol. The summed E-state index contributed by atoms with van der Waals surface area (Å²) in [6, 6.07) is 0.633. The molecule has 0 aromatic carbocycles. The molecule has 96 valence electrons. The summed E-state index contributed by atoms with van der Waals surface area (Å²) in [4.78, 5) is 8.58. The monoisotopic (exact) mass is 253 g/mol. The van der Waals surface area contributed by atoms with E-state index in [1.54, 1.807) is 0 Å². The van der Waals surface area contributed by atoms with E-state index in [0.717, 1.165) is 13.1 Å². The van der Waals surface area contributed by atoms with Crippen LogP contribution in [-0.4, -0.2) is 30.7 Å². The minimum atomic E-state index is 0.633. The van der Waals surface area contributed by atoms with Crippen molar-refractivity contribution in [3.63, 3.8) is 0 Å². The van der Waals surface area contributed by atoms with Crippen LogP contribution >= 0.6 is 11.3 Å². The van der Waals surface area contributed by atoms with Gasteiger partial charge in [0.05, 0.1) is 5.69 Å². The standard InChI is InChI=1S/C13H23N3S/c1-4-8-16(12-6-5-7-14-9-12)13-15-10(2)11(3)17-13/h12,14H,4-9H2,1-3H3. The van der Waals surface area contributed by atoms with Crippen LogP contribution in [0.1, 0.15) is 36.8 Å². The van der Waals surface area contributed by atoms with Crippen LogP contribution in [0.3, 0.4) is 0 Å². The van der Waals surface area contributed by atoms with Gasteiger partial charge >= 0.3 is 0 Å². The van der Waals surface area contributed by atoms with E-state index >= 15 is 0 Å². The van der Waals surface area contributed by atoms with Gasteiger partial charge in [-0.2, -0.15) is 0 Å². The first-order chi connectivity index (χ1) is 8.22. The molecule has 1 aliphatic heterocycles. The van der Waals surface area contributed by atoms with Crippen molar-refractivity contribution in [2.75, 3.05) is 24.5 Å². The van der Waals surface area contributed by atoms with Crippen LogP contribution < -0.4 is 10.2 Å². The minimum Gasteiger partial charge on any atom is -0.344 e. The van der Waals surface area contributed by atoms with Gasteiger partial charge < -0.3 is 10.2 Å². The summed E-state index contributed by atoms with van der Waals surface area (Å²) >= 11 is 1.84. The molecule has 1 saturated heterocycles. The average Bonchev–Trinajstić information content (AvgIpc) is 2.67. The number of rotatable bonds is 4. The van der Waals surface area contributed by atoms with Gasteiger partial charge in [-0.25, -0.2) is 4.98 Å². The number of hydrogen-bond donors (Lipinski definition) is 1. The molecule has 4 heteroatoms. The number of nitrogens with zero attached hydrogens (tertiary/aromatic N) is 2. The Kier molecular flexibility index (Phi) is 4.40. The van der Waals surface area contributed by atoms with Crippen molar-refractivity contribution in [1.82, 2.24) is 10.3 Å². The van der Waals surface area contributed by atoms with Crippen molar-refractivity contribution in [3.05, 3.63) is 10.6 Å². The van der Waals surface area contributed by atoms with Crippen LogP contribution in [0.2, 0.25) is 0 Å². The average molecular weight is 253 g/mol. The number of nitrogens with one attached hydrogen (secondary N) is 1. The quantitative estimate of drug-likeness (QED) is 0.894. The molecule has 1 aromatic heterocycles. The van der Waals surface area contributed by atoms with Crippen LogP contribution in [0.4, 0.5) is 5.13 Å². The fourth-order valence-corrected chi connectivity index (χ4v) is 3.36. The highest BCUT2D eigenvalue weighted by Crippen LogP contribution is 2.28. The fraction of sp³-hybridized carbons (Fsp3) is 0.769. The topological polar surface area (TPSA) is 28.2 Å². The third kappa shape index (κ3) is 2.99. The van der Waals surface area contributed by atoms with Crippen molar-refractivity contribution >= 4 is 16.5 Å². The Morgan fingerprint density at radius 3 is 2.82 bits per heavy atom. The molecule has 1 atom stereocenters. The highest BCUT2D eigenvalue weighted by atomic mass is 32.1. The van der Waals surface area contributed by atoms with E-state index in [1.165, 1.54) is 41.5 Å². The van der Waals surface area contributed by atoms with Gasteiger partial charge in [0.2, 0.25) is 0 Å². The van der Waals surface area contributed by atoms with E-state index in [1.807, 2.05) is 11.3 Å². The van der Waals surface area contributed by atoms with E-state index in [2.05, 4.69) is 31.0 Å². The number of aryl methyl sites for hydroxylation is 2. The Morgan fingerprint density at radius 1 is 1.47 bits per heavy atom. The van der Waals surface area contributed by atoms with Crippen molar-refractivity contribution in [3.8, 4) is 0 Å². The van der Waals surface area contributed by atoms with Crippen molar-refractivity contribution in [2.24, 2.45) is 0 Å². The Balaban J connectivity index is 2.15. The van der Waals surface area contributed by atoms with Gasteiger partial charge in [0.15, 0.2) is 5.13 Å². The van der Waals surface area contributed by atoms with E-state index in [4.69, 9.17) is 4.98 Å². The largest absolute Gasteiger partial charge is 0.344 e. The van der Waals surface area contributed by atoms with Crippen LogP contribution in [0.5, 0.6) is 0 Å². The van der Waals surface area contributed by atoms with E-state index in [-0.39, 0.29) is 0 Å². The second-order valence-electron chi connectivity index (χ2n) is 4.83. The normalized spacial score (nSPS) is 20.5. The second-order valence-corrected chi connectivity index (χ2v) is 6.01. The van der Waals surface area contributed by atoms with E-state index < -0.39 is 0 Å². The van der Waals surface area contributed by atoms with Gasteiger partial charge in [-0.05, 0) is 39.7 Å². The van der Waals surface area contributed by atoms with Gasteiger partial charge in [0.1, 0.15) is 0 Å².